The van der Waals surface area contributed by atoms with Crippen molar-refractivity contribution < 1.29 is 0 Å². The Bertz CT molecular complexity index is 1130. The van der Waals surface area contributed by atoms with E-state index in [9.17, 15) is 0 Å². The van der Waals surface area contributed by atoms with Gasteiger partial charge in [-0.25, -0.2) is 0 Å². The number of fused-ring (bicyclic) bond motifs is 1. The van der Waals surface area contributed by atoms with Gasteiger partial charge < -0.3 is 9.29 Å². The minimum absolute atomic E-state index is 0.522. The maximum Gasteiger partial charge on any atom is 0.0519 e. The van der Waals surface area contributed by atoms with E-state index in [0.717, 1.165) is 6.54 Å². The van der Waals surface area contributed by atoms with Gasteiger partial charge in [0, 0.05) is 40.0 Å². The van der Waals surface area contributed by atoms with Gasteiger partial charge >= 0.3 is 0 Å². The van der Waals surface area contributed by atoms with Crippen LogP contribution in [0.1, 0.15) is 27.7 Å². The lowest BCUT2D eigenvalue weighted by Crippen LogP contribution is -2.02. The van der Waals surface area contributed by atoms with Crippen molar-refractivity contribution in [3.05, 3.63) is 79.0 Å². The van der Waals surface area contributed by atoms with Crippen LogP contribution in [0.5, 0.6) is 0 Å². The fraction of sp³-hybridized carbons (Fsp3) is 0.259. The summed E-state index contributed by atoms with van der Waals surface area (Å²) in [5, 5.41) is 1.83. The average molecular weight is 415 g/mol. The topological polar surface area (TPSA) is 17.0 Å². The lowest BCUT2D eigenvalue weighted by molar-refractivity contribution is 0.535. The van der Waals surface area contributed by atoms with Crippen LogP contribution in [0.2, 0.25) is 0 Å². The lowest BCUT2D eigenvalue weighted by atomic mass is 10.00. The number of para-hydroxylation sites is 1. The Kier molecular flexibility index (Phi) is 6.19. The second-order valence-electron chi connectivity index (χ2n) is 8.50. The molecular weight excluding hydrogens is 384 g/mol. The summed E-state index contributed by atoms with van der Waals surface area (Å²) < 4.78 is 6.00. The zero-order chi connectivity index (χ0) is 21.1. The van der Waals surface area contributed by atoms with Crippen LogP contribution in [0, 0.1) is 5.92 Å². The van der Waals surface area contributed by atoms with Crippen molar-refractivity contribution in [1.82, 2.24) is 4.57 Å². The van der Waals surface area contributed by atoms with Crippen molar-refractivity contribution in [2.75, 3.05) is 4.72 Å². The first-order chi connectivity index (χ1) is 14.5. The molecule has 0 unspecified atom stereocenters. The van der Waals surface area contributed by atoms with Crippen molar-refractivity contribution in [3.8, 4) is 22.3 Å². The van der Waals surface area contributed by atoms with Gasteiger partial charge in [0.1, 0.15) is 0 Å². The van der Waals surface area contributed by atoms with E-state index in [4.69, 9.17) is 0 Å². The van der Waals surface area contributed by atoms with Crippen LogP contribution < -0.4 is 4.72 Å². The molecule has 0 saturated heterocycles. The molecule has 0 spiro atoms. The van der Waals surface area contributed by atoms with Gasteiger partial charge in [0.05, 0.1) is 5.69 Å². The highest BCUT2D eigenvalue weighted by Gasteiger charge is 2.15. The minimum Gasteiger partial charge on any atom is -0.347 e. The molecule has 0 atom stereocenters. The highest BCUT2D eigenvalue weighted by Crippen LogP contribution is 2.38. The van der Waals surface area contributed by atoms with Crippen LogP contribution in [0.15, 0.2) is 79.0 Å². The zero-order valence-corrected chi connectivity index (χ0v) is 19.0. The predicted octanol–water partition coefficient (Wildman–Crippen LogP) is 8.10. The molecule has 3 heteroatoms. The molecule has 0 radical (unpaired) electrons. The lowest BCUT2D eigenvalue weighted by Gasteiger charge is -2.12. The molecule has 0 aliphatic heterocycles. The van der Waals surface area contributed by atoms with Crippen LogP contribution in [0.4, 0.5) is 5.69 Å². The number of hydrogen-bond acceptors (Lipinski definition) is 2. The third-order valence-corrected chi connectivity index (χ3v) is 5.98. The Morgan fingerprint density at radius 2 is 1.53 bits per heavy atom. The van der Waals surface area contributed by atoms with Crippen LogP contribution >= 0.6 is 11.9 Å². The van der Waals surface area contributed by atoms with Gasteiger partial charge in [0.15, 0.2) is 0 Å². The molecule has 4 aromatic rings. The molecular formula is C27H30N2S. The molecule has 0 aliphatic carbocycles. The summed E-state index contributed by atoms with van der Waals surface area (Å²) in [5.41, 5.74) is 7.54. The monoisotopic (exact) mass is 414 g/mol. The normalized spacial score (nSPS) is 11.5. The fourth-order valence-corrected chi connectivity index (χ4v) is 4.39. The molecule has 30 heavy (non-hydrogen) atoms. The Balaban J connectivity index is 1.85. The molecule has 0 aliphatic rings. The van der Waals surface area contributed by atoms with E-state index in [1.54, 1.807) is 11.9 Å². The van der Waals surface area contributed by atoms with E-state index >= 15 is 0 Å². The van der Waals surface area contributed by atoms with E-state index in [1.165, 1.54) is 38.8 Å². The predicted molar refractivity (Wildman–Crippen MR) is 134 cm³/mol. The van der Waals surface area contributed by atoms with E-state index in [2.05, 4.69) is 116 Å². The number of aromatic nitrogens is 1. The first-order valence-corrected chi connectivity index (χ1v) is 11.6. The highest BCUT2D eigenvalue weighted by molar-refractivity contribution is 8.01. The van der Waals surface area contributed by atoms with Gasteiger partial charge in [-0.2, -0.15) is 0 Å². The van der Waals surface area contributed by atoms with Crippen LogP contribution in [-0.4, -0.2) is 9.82 Å². The third kappa shape index (κ3) is 4.41. The van der Waals surface area contributed by atoms with Gasteiger partial charge in [0.2, 0.25) is 0 Å². The number of benzene rings is 3. The summed E-state index contributed by atoms with van der Waals surface area (Å²) in [7, 11) is 0. The van der Waals surface area contributed by atoms with Crippen molar-refractivity contribution in [2.24, 2.45) is 5.92 Å². The van der Waals surface area contributed by atoms with Gasteiger partial charge in [-0.1, -0.05) is 88.4 Å². The Morgan fingerprint density at radius 1 is 0.800 bits per heavy atom. The maximum atomic E-state index is 3.57. The van der Waals surface area contributed by atoms with E-state index < -0.39 is 0 Å². The smallest absolute Gasteiger partial charge is 0.0519 e. The molecule has 1 aromatic heterocycles. The Morgan fingerprint density at radius 3 is 2.27 bits per heavy atom. The average Bonchev–Trinajstić information content (AvgIpc) is 3.10. The number of nitrogens with zero attached hydrogens (tertiary/aromatic N) is 1. The van der Waals surface area contributed by atoms with E-state index in [0.29, 0.717) is 11.2 Å². The van der Waals surface area contributed by atoms with Gasteiger partial charge in [-0.15, -0.1) is 0 Å². The maximum absolute atomic E-state index is 3.57. The second-order valence-corrected chi connectivity index (χ2v) is 9.88. The van der Waals surface area contributed by atoms with Crippen LogP contribution in [0.3, 0.4) is 0 Å². The van der Waals surface area contributed by atoms with Crippen molar-refractivity contribution in [1.29, 1.82) is 0 Å². The van der Waals surface area contributed by atoms with Gasteiger partial charge in [-0.05, 0) is 41.1 Å². The molecule has 1 heterocycles. The molecule has 154 valence electrons. The summed E-state index contributed by atoms with van der Waals surface area (Å²) in [6, 6.07) is 26.2. The largest absolute Gasteiger partial charge is 0.347 e. The SMILES string of the molecule is CC(C)Cn1cc(-c2ccccc2NSC(C)C)c2ccc(-c3ccccc3)cc21. The summed E-state index contributed by atoms with van der Waals surface area (Å²) >= 11 is 1.76. The summed E-state index contributed by atoms with van der Waals surface area (Å²) in [4.78, 5) is 0. The first kappa shape index (κ1) is 20.6. The van der Waals surface area contributed by atoms with Crippen LogP contribution in [-0.2, 0) is 6.54 Å². The number of hydrogen-bond donors (Lipinski definition) is 1. The summed E-state index contributed by atoms with van der Waals surface area (Å²) in [5.74, 6) is 0.582. The Hall–Kier alpha value is -2.65. The second kappa shape index (κ2) is 9.01. The molecule has 2 nitrogen and oxygen atoms in total. The fourth-order valence-electron chi connectivity index (χ4n) is 3.85. The third-order valence-electron chi connectivity index (χ3n) is 5.17. The highest BCUT2D eigenvalue weighted by atomic mass is 32.2. The molecule has 0 amide bonds. The molecule has 0 saturated carbocycles. The quantitative estimate of drug-likeness (QED) is 0.308. The molecule has 1 N–H and O–H groups in total. The van der Waals surface area contributed by atoms with Crippen molar-refractivity contribution in [2.45, 2.75) is 39.5 Å². The number of rotatable bonds is 7. The van der Waals surface area contributed by atoms with E-state index in [1.807, 2.05) is 0 Å². The molecule has 0 fully saturated rings. The molecule has 4 rings (SSSR count). The number of nitrogens with one attached hydrogen (secondary N) is 1. The van der Waals surface area contributed by atoms with Gasteiger partial charge in [-0.3, -0.25) is 0 Å². The molecule has 3 aromatic carbocycles. The summed E-state index contributed by atoms with van der Waals surface area (Å²) in [6.07, 6.45) is 2.33. The first-order valence-electron chi connectivity index (χ1n) is 10.7. The van der Waals surface area contributed by atoms with Crippen LogP contribution in [0.25, 0.3) is 33.2 Å². The standard InChI is InChI=1S/C27H30N2S/c1-19(2)17-29-18-25(23-12-8-9-13-26(23)28-30-20(3)4)24-15-14-22(16-27(24)29)21-10-6-5-7-11-21/h5-16,18-20,28H,17H2,1-4H3. The number of anilines is 1. The molecule has 0 bridgehead atoms. The summed E-state index contributed by atoms with van der Waals surface area (Å²) in [6.45, 7) is 9.98. The minimum atomic E-state index is 0.522. The Labute approximate surface area is 184 Å². The van der Waals surface area contributed by atoms with Crippen molar-refractivity contribution in [3.63, 3.8) is 0 Å². The zero-order valence-electron chi connectivity index (χ0n) is 18.2. The van der Waals surface area contributed by atoms with E-state index in [-0.39, 0.29) is 0 Å². The van der Waals surface area contributed by atoms with Gasteiger partial charge in [0.25, 0.3) is 0 Å². The van der Waals surface area contributed by atoms with Crippen molar-refractivity contribution >= 4 is 28.5 Å².